The number of rotatable bonds is 7. The van der Waals surface area contributed by atoms with Crippen molar-refractivity contribution in [2.45, 2.75) is 19.8 Å². The van der Waals surface area contributed by atoms with Gasteiger partial charge in [0.1, 0.15) is 15.6 Å². The van der Waals surface area contributed by atoms with E-state index >= 15 is 0 Å². The molecule has 0 bridgehead atoms. The molecule has 6 heteroatoms. The molecule has 0 aliphatic rings. The number of halogens is 1. The van der Waals surface area contributed by atoms with Crippen LogP contribution in [-0.2, 0) is 9.84 Å². The molecule has 0 N–H and O–H groups in total. The monoisotopic (exact) mass is 348 g/mol. The molecule has 0 saturated carbocycles. The number of benzene rings is 1. The highest BCUT2D eigenvalue weighted by molar-refractivity contribution is 9.10. The predicted molar refractivity (Wildman–Crippen MR) is 78.6 cm³/mol. The van der Waals surface area contributed by atoms with Crippen molar-refractivity contribution in [3.63, 3.8) is 0 Å². The van der Waals surface area contributed by atoms with Crippen LogP contribution >= 0.6 is 15.9 Å². The van der Waals surface area contributed by atoms with Gasteiger partial charge in [-0.2, -0.15) is 0 Å². The fourth-order valence-corrected chi connectivity index (χ4v) is 2.92. The molecule has 4 nitrogen and oxygen atoms in total. The summed E-state index contributed by atoms with van der Waals surface area (Å²) < 4.78 is 28.4. The number of carbonyl (C=O) groups excluding carboxylic acids is 1. The average molecular weight is 349 g/mol. The molecule has 1 rings (SSSR count). The normalized spacial score (nSPS) is 11.3. The van der Waals surface area contributed by atoms with Crippen LogP contribution < -0.4 is 4.74 Å². The molecule has 0 spiro atoms. The summed E-state index contributed by atoms with van der Waals surface area (Å²) in [5, 5.41) is 0. The predicted octanol–water partition coefficient (Wildman–Crippen LogP) is 2.86. The zero-order chi connectivity index (χ0) is 14.5. The zero-order valence-corrected chi connectivity index (χ0v) is 13.4. The summed E-state index contributed by atoms with van der Waals surface area (Å²) in [6.07, 6.45) is 0.559. The van der Waals surface area contributed by atoms with E-state index < -0.39 is 9.84 Å². The van der Waals surface area contributed by atoms with E-state index in [4.69, 9.17) is 4.74 Å². The number of hydrogen-bond donors (Lipinski definition) is 0. The second kappa shape index (κ2) is 7.05. The SMILES string of the molecule is CCS(=O)(=O)CCCC(=O)c1cc(OC)ccc1Br. The van der Waals surface area contributed by atoms with Gasteiger partial charge in [-0.05, 0) is 24.6 Å². The summed E-state index contributed by atoms with van der Waals surface area (Å²) in [5.41, 5.74) is 0.522. The molecule has 0 aliphatic heterocycles. The number of methoxy groups -OCH3 is 1. The van der Waals surface area contributed by atoms with E-state index in [2.05, 4.69) is 15.9 Å². The molecule has 0 radical (unpaired) electrons. The Bertz CT molecular complexity index is 552. The molecule has 1 aromatic rings. The lowest BCUT2D eigenvalue weighted by atomic mass is 10.1. The first-order chi connectivity index (χ1) is 8.89. The molecule has 0 unspecified atom stereocenters. The minimum atomic E-state index is -3.01. The van der Waals surface area contributed by atoms with Gasteiger partial charge < -0.3 is 4.74 Å². The van der Waals surface area contributed by atoms with Crippen molar-refractivity contribution in [1.82, 2.24) is 0 Å². The van der Waals surface area contributed by atoms with Gasteiger partial charge in [-0.3, -0.25) is 4.79 Å². The minimum Gasteiger partial charge on any atom is -0.497 e. The van der Waals surface area contributed by atoms with Crippen molar-refractivity contribution in [3.05, 3.63) is 28.2 Å². The Labute approximate surface area is 122 Å². The van der Waals surface area contributed by atoms with Crippen molar-refractivity contribution < 1.29 is 17.9 Å². The second-order valence-electron chi connectivity index (χ2n) is 4.11. The Balaban J connectivity index is 2.68. The maximum atomic E-state index is 12.0. The maximum absolute atomic E-state index is 12.0. The van der Waals surface area contributed by atoms with Gasteiger partial charge in [0.15, 0.2) is 5.78 Å². The van der Waals surface area contributed by atoms with Crippen LogP contribution in [0, 0.1) is 0 Å². The molecule has 0 atom stereocenters. The van der Waals surface area contributed by atoms with Gasteiger partial charge in [-0.25, -0.2) is 8.42 Å². The molecule has 0 fully saturated rings. The highest BCUT2D eigenvalue weighted by atomic mass is 79.9. The summed E-state index contributed by atoms with van der Waals surface area (Å²) >= 11 is 3.31. The Morgan fingerprint density at radius 2 is 2.05 bits per heavy atom. The summed E-state index contributed by atoms with van der Waals surface area (Å²) in [7, 11) is -1.48. The first kappa shape index (κ1) is 16.2. The van der Waals surface area contributed by atoms with Crippen LogP contribution in [0.2, 0.25) is 0 Å². The molecule has 0 saturated heterocycles. The van der Waals surface area contributed by atoms with E-state index in [0.717, 1.165) is 0 Å². The van der Waals surface area contributed by atoms with E-state index in [-0.39, 0.29) is 23.7 Å². The summed E-state index contributed by atoms with van der Waals surface area (Å²) in [6.45, 7) is 1.61. The first-order valence-corrected chi connectivity index (χ1v) is 8.58. The zero-order valence-electron chi connectivity index (χ0n) is 11.0. The molecular formula is C13H17BrO4S. The number of carbonyl (C=O) groups is 1. The summed E-state index contributed by atoms with van der Waals surface area (Å²) in [4.78, 5) is 12.0. The third-order valence-corrected chi connectivity index (χ3v) is 5.25. The molecule has 0 amide bonds. The van der Waals surface area contributed by atoms with Crippen molar-refractivity contribution >= 4 is 31.6 Å². The highest BCUT2D eigenvalue weighted by Gasteiger charge is 2.13. The number of ether oxygens (including phenoxy) is 1. The van der Waals surface area contributed by atoms with Crippen LogP contribution in [0.3, 0.4) is 0 Å². The lowest BCUT2D eigenvalue weighted by Gasteiger charge is -2.06. The van der Waals surface area contributed by atoms with Crippen molar-refractivity contribution in [1.29, 1.82) is 0 Å². The standard InChI is InChI=1S/C13H17BrO4S/c1-3-19(16,17)8-4-5-13(15)11-9-10(18-2)6-7-12(11)14/h6-7,9H,3-5,8H2,1-2H3. The summed E-state index contributed by atoms with van der Waals surface area (Å²) in [6, 6.07) is 5.15. The van der Waals surface area contributed by atoms with E-state index in [9.17, 15) is 13.2 Å². The molecular weight excluding hydrogens is 332 g/mol. The minimum absolute atomic E-state index is 0.0524. The van der Waals surface area contributed by atoms with E-state index in [1.54, 1.807) is 25.1 Å². The maximum Gasteiger partial charge on any atom is 0.164 e. The quantitative estimate of drug-likeness (QED) is 0.711. The summed E-state index contributed by atoms with van der Waals surface area (Å²) in [5.74, 6) is 0.686. The van der Waals surface area contributed by atoms with Gasteiger partial charge in [-0.15, -0.1) is 0 Å². The lowest BCUT2D eigenvalue weighted by Crippen LogP contribution is -2.10. The lowest BCUT2D eigenvalue weighted by molar-refractivity contribution is 0.0981. The van der Waals surface area contributed by atoms with Crippen molar-refractivity contribution in [2.75, 3.05) is 18.6 Å². The van der Waals surface area contributed by atoms with Gasteiger partial charge in [0, 0.05) is 22.2 Å². The molecule has 0 heterocycles. The van der Waals surface area contributed by atoms with E-state index in [1.165, 1.54) is 7.11 Å². The van der Waals surface area contributed by atoms with Gasteiger partial charge in [-0.1, -0.05) is 22.9 Å². The fraction of sp³-hybridized carbons (Fsp3) is 0.462. The molecule has 0 aliphatic carbocycles. The first-order valence-electron chi connectivity index (χ1n) is 5.96. The molecule has 0 aromatic heterocycles. The van der Waals surface area contributed by atoms with Crippen LogP contribution in [0.1, 0.15) is 30.1 Å². The Morgan fingerprint density at radius 3 is 2.63 bits per heavy atom. The second-order valence-corrected chi connectivity index (χ2v) is 7.44. The van der Waals surface area contributed by atoms with Gasteiger partial charge >= 0.3 is 0 Å². The topological polar surface area (TPSA) is 60.4 Å². The largest absolute Gasteiger partial charge is 0.497 e. The Morgan fingerprint density at radius 1 is 1.37 bits per heavy atom. The van der Waals surface area contributed by atoms with Crippen molar-refractivity contribution in [2.24, 2.45) is 0 Å². The number of hydrogen-bond acceptors (Lipinski definition) is 4. The van der Waals surface area contributed by atoms with E-state index in [0.29, 0.717) is 22.2 Å². The van der Waals surface area contributed by atoms with Crippen LogP contribution in [0.15, 0.2) is 22.7 Å². The third kappa shape index (κ3) is 4.95. The average Bonchev–Trinajstić information content (AvgIpc) is 2.39. The fourth-order valence-electron chi connectivity index (χ4n) is 1.58. The third-order valence-electron chi connectivity index (χ3n) is 2.77. The highest BCUT2D eigenvalue weighted by Crippen LogP contribution is 2.24. The van der Waals surface area contributed by atoms with E-state index in [1.807, 2.05) is 0 Å². The van der Waals surface area contributed by atoms with Gasteiger partial charge in [0.05, 0.1) is 12.9 Å². The van der Waals surface area contributed by atoms with Crippen LogP contribution in [0.5, 0.6) is 5.75 Å². The van der Waals surface area contributed by atoms with Gasteiger partial charge in [0.2, 0.25) is 0 Å². The number of sulfone groups is 1. The van der Waals surface area contributed by atoms with Crippen LogP contribution in [0.25, 0.3) is 0 Å². The number of ketones is 1. The molecule has 1 aromatic carbocycles. The van der Waals surface area contributed by atoms with Crippen LogP contribution in [-0.4, -0.2) is 32.8 Å². The molecule has 19 heavy (non-hydrogen) atoms. The number of Topliss-reactive ketones (excluding diaryl/α,β-unsaturated/α-hetero) is 1. The van der Waals surface area contributed by atoms with Crippen LogP contribution in [0.4, 0.5) is 0 Å². The Kier molecular flexibility index (Phi) is 6.00. The molecule has 106 valence electrons. The van der Waals surface area contributed by atoms with Crippen molar-refractivity contribution in [3.8, 4) is 5.75 Å². The smallest absolute Gasteiger partial charge is 0.164 e. The van der Waals surface area contributed by atoms with Gasteiger partial charge in [0.25, 0.3) is 0 Å². The Hall–Kier alpha value is -0.880.